The first-order valence-electron chi connectivity index (χ1n) is 7.14. The zero-order valence-corrected chi connectivity index (χ0v) is 14.0. The van der Waals surface area contributed by atoms with Gasteiger partial charge < -0.3 is 25.8 Å². The van der Waals surface area contributed by atoms with Gasteiger partial charge in [0.15, 0.2) is 0 Å². The zero-order chi connectivity index (χ0) is 17.5. The predicted octanol–water partition coefficient (Wildman–Crippen LogP) is -0.241. The molecule has 2 atom stereocenters. The quantitative estimate of drug-likeness (QED) is 0.539. The van der Waals surface area contributed by atoms with Crippen LogP contribution in [0, 0.1) is 5.92 Å². The number of carbonyl (C=O) groups is 3. The Kier molecular flexibility index (Phi) is 7.86. The van der Waals surface area contributed by atoms with Gasteiger partial charge in [0, 0.05) is 7.05 Å². The van der Waals surface area contributed by atoms with Crippen molar-refractivity contribution in [2.45, 2.75) is 52.3 Å². The molecule has 0 fully saturated rings. The van der Waals surface area contributed by atoms with Crippen molar-refractivity contribution in [3.63, 3.8) is 0 Å². The monoisotopic (exact) mass is 317 g/mol. The van der Waals surface area contributed by atoms with E-state index in [0.29, 0.717) is 0 Å². The largest absolute Gasteiger partial charge is 0.444 e. The van der Waals surface area contributed by atoms with Crippen LogP contribution in [0.2, 0.25) is 0 Å². The number of alkyl carbamates (subject to hydrolysis) is 1. The molecule has 0 aliphatic heterocycles. The van der Waals surface area contributed by atoms with Crippen LogP contribution in [0.1, 0.15) is 34.6 Å². The topological polar surface area (TPSA) is 117 Å². The number of aliphatic hydroxyl groups is 1. The molecule has 0 aliphatic rings. The minimum absolute atomic E-state index is 0.225. The van der Waals surface area contributed by atoms with E-state index in [1.165, 1.54) is 7.05 Å². The standard InChI is InChI=1S/C14H27N3O5/c1-8(2)10(17-13(21)22-14(3,4)5)12(20)16-9(7-18)11(19)15-6/h8-10,18H,7H2,1-6H3,(H,15,19)(H,16,20)(H,17,21)/t9-,10+/m1/s1. The summed E-state index contributed by atoms with van der Waals surface area (Å²) < 4.78 is 5.11. The highest BCUT2D eigenvalue weighted by atomic mass is 16.6. The van der Waals surface area contributed by atoms with E-state index >= 15 is 0 Å². The third-order valence-electron chi connectivity index (χ3n) is 2.68. The molecule has 0 spiro atoms. The maximum atomic E-state index is 12.2. The second kappa shape index (κ2) is 8.57. The van der Waals surface area contributed by atoms with Gasteiger partial charge in [0.1, 0.15) is 17.7 Å². The first-order valence-corrected chi connectivity index (χ1v) is 7.14. The summed E-state index contributed by atoms with van der Waals surface area (Å²) in [5.74, 6) is -1.31. The molecule has 0 bridgehead atoms. The van der Waals surface area contributed by atoms with Gasteiger partial charge in [-0.25, -0.2) is 4.79 Å². The Bertz CT molecular complexity index is 404. The highest BCUT2D eigenvalue weighted by molar-refractivity contribution is 5.91. The summed E-state index contributed by atoms with van der Waals surface area (Å²) in [6.07, 6.45) is -0.721. The van der Waals surface area contributed by atoms with Gasteiger partial charge in [-0.05, 0) is 26.7 Å². The van der Waals surface area contributed by atoms with Crippen LogP contribution in [0.25, 0.3) is 0 Å². The van der Waals surface area contributed by atoms with Gasteiger partial charge in [0.05, 0.1) is 6.61 Å². The van der Waals surface area contributed by atoms with Crippen molar-refractivity contribution < 1.29 is 24.2 Å². The molecule has 0 aromatic heterocycles. The summed E-state index contributed by atoms with van der Waals surface area (Å²) in [5, 5.41) is 16.3. The van der Waals surface area contributed by atoms with Crippen LogP contribution in [0.3, 0.4) is 0 Å². The molecular weight excluding hydrogens is 290 g/mol. The molecular formula is C14H27N3O5. The fraction of sp³-hybridized carbons (Fsp3) is 0.786. The van der Waals surface area contributed by atoms with E-state index < -0.39 is 42.2 Å². The lowest BCUT2D eigenvalue weighted by molar-refractivity contribution is -0.131. The molecule has 0 unspecified atom stereocenters. The van der Waals surface area contributed by atoms with E-state index in [1.54, 1.807) is 34.6 Å². The molecule has 0 aliphatic carbocycles. The number of hydrogen-bond donors (Lipinski definition) is 4. The first-order chi connectivity index (χ1) is 10.0. The second-order valence-electron chi connectivity index (χ2n) is 6.23. The molecule has 8 heteroatoms. The van der Waals surface area contributed by atoms with Crippen LogP contribution >= 0.6 is 0 Å². The highest BCUT2D eigenvalue weighted by Gasteiger charge is 2.29. The van der Waals surface area contributed by atoms with E-state index in [2.05, 4.69) is 16.0 Å². The van der Waals surface area contributed by atoms with Crippen LogP contribution in [-0.4, -0.2) is 54.4 Å². The number of rotatable bonds is 6. The van der Waals surface area contributed by atoms with Crippen molar-refractivity contribution in [2.75, 3.05) is 13.7 Å². The van der Waals surface area contributed by atoms with Gasteiger partial charge in [0.2, 0.25) is 11.8 Å². The van der Waals surface area contributed by atoms with Crippen molar-refractivity contribution in [2.24, 2.45) is 5.92 Å². The van der Waals surface area contributed by atoms with Crippen LogP contribution in [-0.2, 0) is 14.3 Å². The Labute approximate surface area is 131 Å². The summed E-state index contributed by atoms with van der Waals surface area (Å²) >= 11 is 0. The number of ether oxygens (including phenoxy) is 1. The van der Waals surface area contributed by atoms with E-state index in [-0.39, 0.29) is 5.92 Å². The summed E-state index contributed by atoms with van der Waals surface area (Å²) in [6.45, 7) is 8.09. The fourth-order valence-corrected chi connectivity index (χ4v) is 1.60. The lowest BCUT2D eigenvalue weighted by Crippen LogP contribution is -2.56. The van der Waals surface area contributed by atoms with Gasteiger partial charge in [-0.3, -0.25) is 9.59 Å². The van der Waals surface area contributed by atoms with Crippen LogP contribution in [0.15, 0.2) is 0 Å². The lowest BCUT2D eigenvalue weighted by Gasteiger charge is -2.26. The SMILES string of the molecule is CNC(=O)[C@@H](CO)NC(=O)[C@@H](NC(=O)OC(C)(C)C)C(C)C. The molecule has 0 saturated heterocycles. The van der Waals surface area contributed by atoms with Crippen molar-refractivity contribution in [1.29, 1.82) is 0 Å². The maximum Gasteiger partial charge on any atom is 0.408 e. The normalized spacial score (nSPS) is 14.0. The summed E-state index contributed by atoms with van der Waals surface area (Å²) in [5.41, 5.74) is -0.683. The Morgan fingerprint density at radius 1 is 1.09 bits per heavy atom. The molecule has 22 heavy (non-hydrogen) atoms. The van der Waals surface area contributed by atoms with Crippen LogP contribution < -0.4 is 16.0 Å². The summed E-state index contributed by atoms with van der Waals surface area (Å²) in [6, 6.07) is -1.95. The number of amides is 3. The number of aliphatic hydroxyl groups excluding tert-OH is 1. The molecule has 0 radical (unpaired) electrons. The predicted molar refractivity (Wildman–Crippen MR) is 81.1 cm³/mol. The third-order valence-corrected chi connectivity index (χ3v) is 2.68. The van der Waals surface area contributed by atoms with Gasteiger partial charge in [-0.1, -0.05) is 13.8 Å². The fourth-order valence-electron chi connectivity index (χ4n) is 1.60. The average Bonchev–Trinajstić information content (AvgIpc) is 2.38. The Morgan fingerprint density at radius 2 is 1.64 bits per heavy atom. The molecule has 3 amide bonds. The summed E-state index contributed by atoms with van der Waals surface area (Å²) in [7, 11) is 1.40. The number of hydrogen-bond acceptors (Lipinski definition) is 5. The van der Waals surface area contributed by atoms with Crippen molar-refractivity contribution in [1.82, 2.24) is 16.0 Å². The zero-order valence-electron chi connectivity index (χ0n) is 14.0. The molecule has 0 saturated carbocycles. The van der Waals surface area contributed by atoms with Crippen molar-refractivity contribution in [3.8, 4) is 0 Å². The highest BCUT2D eigenvalue weighted by Crippen LogP contribution is 2.09. The van der Waals surface area contributed by atoms with E-state index in [0.717, 1.165) is 0 Å². The van der Waals surface area contributed by atoms with E-state index in [4.69, 9.17) is 9.84 Å². The van der Waals surface area contributed by atoms with Gasteiger partial charge in [0.25, 0.3) is 0 Å². The average molecular weight is 317 g/mol. The number of likely N-dealkylation sites (N-methyl/N-ethyl adjacent to an activating group) is 1. The Morgan fingerprint density at radius 3 is 2.00 bits per heavy atom. The number of nitrogens with one attached hydrogen (secondary N) is 3. The smallest absolute Gasteiger partial charge is 0.408 e. The number of carbonyl (C=O) groups excluding carboxylic acids is 3. The Hall–Kier alpha value is -1.83. The van der Waals surface area contributed by atoms with Gasteiger partial charge in [-0.15, -0.1) is 0 Å². The van der Waals surface area contributed by atoms with Crippen molar-refractivity contribution >= 4 is 17.9 Å². The summed E-state index contributed by atoms with van der Waals surface area (Å²) in [4.78, 5) is 35.5. The molecule has 128 valence electrons. The molecule has 0 rings (SSSR count). The lowest BCUT2D eigenvalue weighted by atomic mass is 10.0. The minimum Gasteiger partial charge on any atom is -0.444 e. The minimum atomic E-state index is -1.07. The first kappa shape index (κ1) is 20.2. The van der Waals surface area contributed by atoms with Gasteiger partial charge in [-0.2, -0.15) is 0 Å². The second-order valence-corrected chi connectivity index (χ2v) is 6.23. The van der Waals surface area contributed by atoms with Crippen LogP contribution in [0.5, 0.6) is 0 Å². The van der Waals surface area contributed by atoms with Crippen molar-refractivity contribution in [3.05, 3.63) is 0 Å². The Balaban J connectivity index is 4.84. The molecule has 8 nitrogen and oxygen atoms in total. The van der Waals surface area contributed by atoms with E-state index in [1.807, 2.05) is 0 Å². The molecule has 0 aromatic carbocycles. The molecule has 4 N–H and O–H groups in total. The van der Waals surface area contributed by atoms with Crippen LogP contribution in [0.4, 0.5) is 4.79 Å². The van der Waals surface area contributed by atoms with E-state index in [9.17, 15) is 14.4 Å². The third kappa shape index (κ3) is 7.26. The van der Waals surface area contributed by atoms with Gasteiger partial charge >= 0.3 is 6.09 Å². The molecule has 0 aromatic rings. The molecule has 0 heterocycles. The maximum absolute atomic E-state index is 12.2.